The number of nitrogens with zero attached hydrogens (tertiary/aromatic N) is 1. The predicted octanol–water partition coefficient (Wildman–Crippen LogP) is 1.54. The summed E-state index contributed by atoms with van der Waals surface area (Å²) in [4.78, 5) is 15.0. The monoisotopic (exact) mass is 301 g/mol. The predicted molar refractivity (Wildman–Crippen MR) is 83.2 cm³/mol. The van der Waals surface area contributed by atoms with E-state index in [1.165, 1.54) is 19.3 Å². The Bertz CT molecular complexity index is 357. The van der Waals surface area contributed by atoms with Gasteiger partial charge in [-0.05, 0) is 44.1 Å². The van der Waals surface area contributed by atoms with E-state index in [1.807, 2.05) is 0 Å². The Morgan fingerprint density at radius 3 is 2.70 bits per heavy atom. The third-order valence-corrected chi connectivity index (χ3v) is 5.02. The van der Waals surface area contributed by atoms with Gasteiger partial charge in [0.1, 0.15) is 0 Å². The first kappa shape index (κ1) is 16.1. The van der Waals surface area contributed by atoms with Gasteiger partial charge < -0.3 is 10.6 Å². The van der Waals surface area contributed by atoms with Gasteiger partial charge in [-0.1, -0.05) is 13.8 Å². The Labute approximate surface area is 128 Å². The molecule has 3 aliphatic rings. The van der Waals surface area contributed by atoms with E-state index in [9.17, 15) is 4.79 Å². The molecule has 1 aliphatic carbocycles. The van der Waals surface area contributed by atoms with Crippen molar-refractivity contribution in [1.82, 2.24) is 15.5 Å². The van der Waals surface area contributed by atoms with Crippen LogP contribution in [-0.2, 0) is 4.79 Å². The molecule has 0 radical (unpaired) electrons. The van der Waals surface area contributed by atoms with Gasteiger partial charge in [0.15, 0.2) is 0 Å². The lowest BCUT2D eigenvalue weighted by molar-refractivity contribution is -0.127. The number of carbonyl (C=O) groups is 1. The zero-order valence-electron chi connectivity index (χ0n) is 12.7. The molecule has 1 amide bonds. The topological polar surface area (TPSA) is 44.4 Å². The van der Waals surface area contributed by atoms with Crippen LogP contribution < -0.4 is 10.6 Å². The van der Waals surface area contributed by atoms with Crippen LogP contribution in [0.3, 0.4) is 0 Å². The largest absolute Gasteiger partial charge is 0.351 e. The molecule has 2 atom stereocenters. The van der Waals surface area contributed by atoms with Gasteiger partial charge in [-0.25, -0.2) is 0 Å². The number of carbonyl (C=O) groups excluding carboxylic acids is 1. The van der Waals surface area contributed by atoms with E-state index in [0.717, 1.165) is 38.5 Å². The summed E-state index contributed by atoms with van der Waals surface area (Å²) in [5.74, 6) is 0.215. The first-order valence-electron chi connectivity index (χ1n) is 7.84. The zero-order chi connectivity index (χ0) is 13.5. The van der Waals surface area contributed by atoms with Crippen molar-refractivity contribution in [2.45, 2.75) is 64.1 Å². The molecule has 2 N–H and O–H groups in total. The van der Waals surface area contributed by atoms with Crippen molar-refractivity contribution in [3.63, 3.8) is 0 Å². The molecule has 0 aromatic heterocycles. The summed E-state index contributed by atoms with van der Waals surface area (Å²) in [7, 11) is 0. The summed E-state index contributed by atoms with van der Waals surface area (Å²) in [6.45, 7) is 7.60. The molecule has 3 fully saturated rings. The number of hydrogen-bond acceptors (Lipinski definition) is 3. The van der Waals surface area contributed by atoms with E-state index in [1.54, 1.807) is 0 Å². The fourth-order valence-corrected chi connectivity index (χ4v) is 3.62. The van der Waals surface area contributed by atoms with Gasteiger partial charge in [0, 0.05) is 25.2 Å². The minimum absolute atomic E-state index is 0. The normalized spacial score (nSPS) is 33.5. The molecule has 116 valence electrons. The molecule has 0 aromatic carbocycles. The second-order valence-electron chi connectivity index (χ2n) is 7.20. The number of hydrogen-bond donors (Lipinski definition) is 2. The van der Waals surface area contributed by atoms with Gasteiger partial charge in [-0.15, -0.1) is 12.4 Å². The summed E-state index contributed by atoms with van der Waals surface area (Å²) in [6.07, 6.45) is 6.15. The molecule has 2 heterocycles. The van der Waals surface area contributed by atoms with Crippen LogP contribution in [0, 0.1) is 5.41 Å². The fourth-order valence-electron chi connectivity index (χ4n) is 3.62. The Balaban J connectivity index is 0.00000147. The van der Waals surface area contributed by atoms with Crippen LogP contribution in [0.2, 0.25) is 0 Å². The first-order chi connectivity index (χ1) is 9.06. The average Bonchev–Trinajstić information content (AvgIpc) is 3.10. The maximum atomic E-state index is 12.5. The van der Waals surface area contributed by atoms with E-state index in [2.05, 4.69) is 29.4 Å². The van der Waals surface area contributed by atoms with Gasteiger partial charge in [-0.3, -0.25) is 9.69 Å². The van der Waals surface area contributed by atoms with Crippen LogP contribution in [-0.4, -0.2) is 48.6 Å². The molecule has 3 rings (SSSR count). The second kappa shape index (κ2) is 6.20. The molecule has 1 saturated carbocycles. The Morgan fingerprint density at radius 1 is 1.30 bits per heavy atom. The lowest BCUT2D eigenvalue weighted by Gasteiger charge is -2.38. The van der Waals surface area contributed by atoms with Crippen LogP contribution in [0.4, 0.5) is 0 Å². The smallest absolute Gasteiger partial charge is 0.237 e. The standard InChI is InChI=1S/C15H27N3O.ClH/c1-15(2)7-3-8-16-13(15)14(19)17-11-6-9-18(10-11)12-4-5-12;/h11-13,16H,3-10H2,1-2H3,(H,17,19);1H. The molecule has 2 saturated heterocycles. The maximum absolute atomic E-state index is 12.5. The van der Waals surface area contributed by atoms with Gasteiger partial charge in [0.05, 0.1) is 6.04 Å². The highest BCUT2D eigenvalue weighted by molar-refractivity contribution is 5.85. The second-order valence-corrected chi connectivity index (χ2v) is 7.20. The third-order valence-electron chi connectivity index (χ3n) is 5.02. The number of nitrogens with one attached hydrogen (secondary N) is 2. The number of rotatable bonds is 3. The quantitative estimate of drug-likeness (QED) is 0.831. The van der Waals surface area contributed by atoms with Crippen molar-refractivity contribution in [1.29, 1.82) is 0 Å². The summed E-state index contributed by atoms with van der Waals surface area (Å²) in [5, 5.41) is 6.68. The molecule has 20 heavy (non-hydrogen) atoms. The molecular weight excluding hydrogens is 274 g/mol. The van der Waals surface area contributed by atoms with Crippen LogP contribution in [0.15, 0.2) is 0 Å². The van der Waals surface area contributed by atoms with Crippen molar-refractivity contribution >= 4 is 18.3 Å². The van der Waals surface area contributed by atoms with Crippen LogP contribution in [0.25, 0.3) is 0 Å². The molecule has 0 bridgehead atoms. The van der Waals surface area contributed by atoms with E-state index in [0.29, 0.717) is 6.04 Å². The lowest BCUT2D eigenvalue weighted by Crippen LogP contribution is -2.57. The highest BCUT2D eigenvalue weighted by Gasteiger charge is 2.39. The summed E-state index contributed by atoms with van der Waals surface area (Å²) >= 11 is 0. The fraction of sp³-hybridized carbons (Fsp3) is 0.933. The average molecular weight is 302 g/mol. The Morgan fingerprint density at radius 2 is 2.05 bits per heavy atom. The van der Waals surface area contributed by atoms with Crippen molar-refractivity contribution in [2.75, 3.05) is 19.6 Å². The van der Waals surface area contributed by atoms with Gasteiger partial charge in [0.2, 0.25) is 5.91 Å². The molecule has 4 nitrogen and oxygen atoms in total. The summed E-state index contributed by atoms with van der Waals surface area (Å²) < 4.78 is 0. The maximum Gasteiger partial charge on any atom is 0.237 e. The van der Waals surface area contributed by atoms with E-state index in [-0.39, 0.29) is 29.8 Å². The van der Waals surface area contributed by atoms with Crippen LogP contribution >= 0.6 is 12.4 Å². The van der Waals surface area contributed by atoms with E-state index < -0.39 is 0 Å². The van der Waals surface area contributed by atoms with Gasteiger partial charge in [-0.2, -0.15) is 0 Å². The number of amides is 1. The Kier molecular flexibility index (Phi) is 4.98. The van der Waals surface area contributed by atoms with Crippen LogP contribution in [0.5, 0.6) is 0 Å². The minimum atomic E-state index is -0.0174. The highest BCUT2D eigenvalue weighted by Crippen LogP contribution is 2.31. The molecule has 5 heteroatoms. The van der Waals surface area contributed by atoms with Gasteiger partial charge in [0.25, 0.3) is 0 Å². The van der Waals surface area contributed by atoms with E-state index >= 15 is 0 Å². The van der Waals surface area contributed by atoms with Crippen molar-refractivity contribution in [3.05, 3.63) is 0 Å². The molecule has 2 unspecified atom stereocenters. The van der Waals surface area contributed by atoms with Crippen molar-refractivity contribution in [2.24, 2.45) is 5.41 Å². The lowest BCUT2D eigenvalue weighted by atomic mass is 9.77. The number of likely N-dealkylation sites (tertiary alicyclic amines) is 1. The van der Waals surface area contributed by atoms with Crippen molar-refractivity contribution in [3.8, 4) is 0 Å². The third kappa shape index (κ3) is 3.46. The zero-order valence-corrected chi connectivity index (χ0v) is 13.5. The highest BCUT2D eigenvalue weighted by atomic mass is 35.5. The minimum Gasteiger partial charge on any atom is -0.351 e. The van der Waals surface area contributed by atoms with Crippen molar-refractivity contribution < 1.29 is 4.79 Å². The SMILES string of the molecule is CC1(C)CCCNC1C(=O)NC1CCN(C2CC2)C1.Cl. The molecule has 2 aliphatic heterocycles. The first-order valence-corrected chi connectivity index (χ1v) is 7.84. The van der Waals surface area contributed by atoms with E-state index in [4.69, 9.17) is 0 Å². The number of halogens is 1. The molecule has 0 aromatic rings. The molecular formula is C15H28ClN3O. The Hall–Kier alpha value is -0.320. The summed E-state index contributed by atoms with van der Waals surface area (Å²) in [6, 6.07) is 1.18. The van der Waals surface area contributed by atoms with Gasteiger partial charge >= 0.3 is 0 Å². The van der Waals surface area contributed by atoms with Crippen LogP contribution in [0.1, 0.15) is 46.0 Å². The summed E-state index contributed by atoms with van der Waals surface area (Å²) in [5.41, 5.74) is 0.0805. The number of piperidine rings is 1. The molecule has 0 spiro atoms.